The van der Waals surface area contributed by atoms with Crippen LogP contribution in [-0.4, -0.2) is 20.8 Å². The molecule has 0 radical (unpaired) electrons. The molecule has 1 heterocycles. The zero-order valence-corrected chi connectivity index (χ0v) is 24.8. The Morgan fingerprint density at radius 2 is 1.82 bits per heavy atom. The van der Waals surface area contributed by atoms with Crippen molar-refractivity contribution in [2.24, 2.45) is 5.10 Å². The molecular weight excluding hydrogens is 643 g/mol. The van der Waals surface area contributed by atoms with Crippen molar-refractivity contribution in [2.75, 3.05) is 0 Å². The van der Waals surface area contributed by atoms with Gasteiger partial charge < -0.3 is 4.74 Å². The summed E-state index contributed by atoms with van der Waals surface area (Å²) in [6.07, 6.45) is 6.44. The number of hydrogen-bond acceptors (Lipinski definition) is 6. The van der Waals surface area contributed by atoms with Gasteiger partial charge in [-0.15, -0.1) is 0 Å². The fourth-order valence-electron chi connectivity index (χ4n) is 4.76. The van der Waals surface area contributed by atoms with Crippen molar-refractivity contribution < 1.29 is 9.66 Å². The molecule has 0 aliphatic heterocycles. The van der Waals surface area contributed by atoms with Crippen LogP contribution in [0.1, 0.15) is 55.0 Å². The SMILES string of the molecule is O=c1c2cc(Br)ccc2nc(C2CCCCC2)n1N=Cc1cc(Cl)c(OCc2ccc(Cl)c(Cl)c2)c([N+](=O)[O-])c1. The zero-order valence-electron chi connectivity index (χ0n) is 20.9. The standard InChI is InChI=1S/C28H22BrCl3N4O4/c29-19-7-9-24-20(13-19)28(37)35(27(34-24)18-4-2-1-3-5-18)33-14-17-11-23(32)26(25(12-17)36(38)39)40-15-16-6-8-21(30)22(31)10-16/h6-14,18H,1-5,15H2. The van der Waals surface area contributed by atoms with Crippen LogP contribution in [0.4, 0.5) is 5.69 Å². The number of rotatable bonds is 7. The van der Waals surface area contributed by atoms with Crippen molar-refractivity contribution in [1.29, 1.82) is 0 Å². The molecule has 1 fully saturated rings. The highest BCUT2D eigenvalue weighted by Crippen LogP contribution is 2.37. The molecule has 0 spiro atoms. The van der Waals surface area contributed by atoms with Crippen LogP contribution in [0, 0.1) is 10.1 Å². The van der Waals surface area contributed by atoms with Crippen molar-refractivity contribution in [3.63, 3.8) is 0 Å². The largest absolute Gasteiger partial charge is 0.481 e. The molecule has 40 heavy (non-hydrogen) atoms. The summed E-state index contributed by atoms with van der Waals surface area (Å²) in [6, 6.07) is 13.1. The topological polar surface area (TPSA) is 99.6 Å². The fourth-order valence-corrected chi connectivity index (χ4v) is 5.72. The van der Waals surface area contributed by atoms with Crippen LogP contribution in [0.2, 0.25) is 15.1 Å². The lowest BCUT2D eigenvalue weighted by Crippen LogP contribution is -2.25. The molecule has 0 saturated heterocycles. The van der Waals surface area contributed by atoms with Crippen LogP contribution in [0.15, 0.2) is 62.9 Å². The first kappa shape index (κ1) is 28.5. The molecule has 0 N–H and O–H groups in total. The van der Waals surface area contributed by atoms with E-state index in [0.717, 1.165) is 36.6 Å². The highest BCUT2D eigenvalue weighted by molar-refractivity contribution is 9.10. The Bertz CT molecular complexity index is 1700. The molecule has 3 aromatic carbocycles. The van der Waals surface area contributed by atoms with Crippen molar-refractivity contribution in [3.05, 3.63) is 105 Å². The van der Waals surface area contributed by atoms with Crippen LogP contribution in [0.3, 0.4) is 0 Å². The van der Waals surface area contributed by atoms with Gasteiger partial charge in [0.25, 0.3) is 5.56 Å². The third-order valence-corrected chi connectivity index (χ3v) is 8.25. The van der Waals surface area contributed by atoms with E-state index in [9.17, 15) is 14.9 Å². The first-order valence-corrected chi connectivity index (χ1v) is 14.4. The molecule has 1 aromatic heterocycles. The van der Waals surface area contributed by atoms with Gasteiger partial charge in [-0.05, 0) is 54.8 Å². The maximum absolute atomic E-state index is 13.5. The number of fused-ring (bicyclic) bond motifs is 1. The molecule has 1 aliphatic rings. The average molecular weight is 665 g/mol. The van der Waals surface area contributed by atoms with Crippen LogP contribution < -0.4 is 10.3 Å². The quantitative estimate of drug-likeness (QED) is 0.112. The second kappa shape index (κ2) is 12.3. The van der Waals surface area contributed by atoms with Gasteiger partial charge in [0, 0.05) is 22.0 Å². The van der Waals surface area contributed by atoms with E-state index in [2.05, 4.69) is 21.0 Å². The number of aromatic nitrogens is 2. The summed E-state index contributed by atoms with van der Waals surface area (Å²) < 4.78 is 7.77. The van der Waals surface area contributed by atoms with Gasteiger partial charge in [-0.3, -0.25) is 14.9 Å². The first-order valence-electron chi connectivity index (χ1n) is 12.5. The summed E-state index contributed by atoms with van der Waals surface area (Å²) in [5.41, 5.74) is 0.937. The average Bonchev–Trinajstić information content (AvgIpc) is 2.94. The van der Waals surface area contributed by atoms with Crippen LogP contribution >= 0.6 is 50.7 Å². The molecule has 1 saturated carbocycles. The lowest BCUT2D eigenvalue weighted by Gasteiger charge is -2.22. The summed E-state index contributed by atoms with van der Waals surface area (Å²) in [5, 5.41) is 17.6. The van der Waals surface area contributed by atoms with Crippen molar-refractivity contribution >= 4 is 73.5 Å². The molecule has 4 aromatic rings. The molecule has 0 unspecified atom stereocenters. The van der Waals surface area contributed by atoms with E-state index < -0.39 is 4.92 Å². The van der Waals surface area contributed by atoms with E-state index >= 15 is 0 Å². The van der Waals surface area contributed by atoms with Crippen molar-refractivity contribution in [1.82, 2.24) is 9.66 Å². The minimum Gasteiger partial charge on any atom is -0.481 e. The monoisotopic (exact) mass is 662 g/mol. The third kappa shape index (κ3) is 6.17. The van der Waals surface area contributed by atoms with E-state index in [1.54, 1.807) is 30.3 Å². The van der Waals surface area contributed by atoms with Gasteiger partial charge >= 0.3 is 5.69 Å². The number of nitrogens with zero attached hydrogens (tertiary/aromatic N) is 4. The van der Waals surface area contributed by atoms with Crippen LogP contribution in [0.25, 0.3) is 10.9 Å². The summed E-state index contributed by atoms with van der Waals surface area (Å²) in [5.74, 6) is 0.576. The zero-order chi connectivity index (χ0) is 28.4. The Balaban J connectivity index is 1.51. The van der Waals surface area contributed by atoms with Crippen molar-refractivity contribution in [3.8, 4) is 5.75 Å². The Hall–Kier alpha value is -2.98. The van der Waals surface area contributed by atoms with E-state index in [1.807, 2.05) is 6.07 Å². The van der Waals surface area contributed by atoms with Crippen LogP contribution in [0.5, 0.6) is 5.75 Å². The number of benzene rings is 3. The molecule has 0 amide bonds. The summed E-state index contributed by atoms with van der Waals surface area (Å²) in [6.45, 7) is -0.0106. The molecule has 8 nitrogen and oxygen atoms in total. The van der Waals surface area contributed by atoms with Gasteiger partial charge in [0.05, 0.1) is 37.1 Å². The van der Waals surface area contributed by atoms with Gasteiger partial charge in [0.1, 0.15) is 12.4 Å². The molecule has 206 valence electrons. The van der Waals surface area contributed by atoms with Gasteiger partial charge in [0.2, 0.25) is 5.75 Å². The van der Waals surface area contributed by atoms with Gasteiger partial charge in [0.15, 0.2) is 0 Å². The summed E-state index contributed by atoms with van der Waals surface area (Å²) in [4.78, 5) is 29.7. The Kier molecular flexibility index (Phi) is 8.75. The van der Waals surface area contributed by atoms with E-state index in [0.29, 0.717) is 37.9 Å². The number of halogens is 4. The smallest absolute Gasteiger partial charge is 0.313 e. The molecule has 1 aliphatic carbocycles. The minimum atomic E-state index is -0.581. The minimum absolute atomic E-state index is 0.0106. The second-order valence-corrected chi connectivity index (χ2v) is 11.6. The summed E-state index contributed by atoms with van der Waals surface area (Å²) >= 11 is 21.9. The third-order valence-electron chi connectivity index (χ3n) is 6.74. The van der Waals surface area contributed by atoms with E-state index in [1.165, 1.54) is 23.0 Å². The molecule has 12 heteroatoms. The first-order chi connectivity index (χ1) is 19.2. The second-order valence-electron chi connectivity index (χ2n) is 9.47. The van der Waals surface area contributed by atoms with E-state index in [4.69, 9.17) is 44.5 Å². The highest BCUT2D eigenvalue weighted by atomic mass is 79.9. The van der Waals surface area contributed by atoms with E-state index in [-0.39, 0.29) is 34.5 Å². The van der Waals surface area contributed by atoms with Gasteiger partial charge in [-0.25, -0.2) is 4.98 Å². The van der Waals surface area contributed by atoms with Crippen LogP contribution in [-0.2, 0) is 6.61 Å². The number of ether oxygens (including phenoxy) is 1. The maximum Gasteiger partial charge on any atom is 0.313 e. The number of hydrogen-bond donors (Lipinski definition) is 0. The molecule has 5 rings (SSSR count). The lowest BCUT2D eigenvalue weighted by atomic mass is 9.88. The Labute approximate surface area is 252 Å². The summed E-state index contributed by atoms with van der Waals surface area (Å²) in [7, 11) is 0. The molecule has 0 bridgehead atoms. The predicted molar refractivity (Wildman–Crippen MR) is 161 cm³/mol. The number of nitro groups is 1. The normalized spacial score (nSPS) is 14.2. The van der Waals surface area contributed by atoms with Gasteiger partial charge in [-0.1, -0.05) is 76.1 Å². The lowest BCUT2D eigenvalue weighted by molar-refractivity contribution is -0.385. The van der Waals surface area contributed by atoms with Crippen molar-refractivity contribution in [2.45, 2.75) is 44.6 Å². The maximum atomic E-state index is 13.5. The Morgan fingerprint density at radius 3 is 2.55 bits per heavy atom. The molecular formula is C28H22BrCl3N4O4. The Morgan fingerprint density at radius 1 is 1.05 bits per heavy atom. The molecule has 0 atom stereocenters. The van der Waals surface area contributed by atoms with Gasteiger partial charge in [-0.2, -0.15) is 9.78 Å². The fraction of sp³-hybridized carbons (Fsp3) is 0.250. The predicted octanol–water partition coefficient (Wildman–Crippen LogP) is 8.54. The number of nitro benzene ring substituents is 1. The highest BCUT2D eigenvalue weighted by Gasteiger charge is 2.24.